The molecule has 0 aliphatic heterocycles. The van der Waals surface area contributed by atoms with Crippen molar-refractivity contribution in [1.82, 2.24) is 29.9 Å². The molecule has 0 bridgehead atoms. The minimum atomic E-state index is -0.234. The highest BCUT2D eigenvalue weighted by Crippen LogP contribution is 2.23. The average molecular weight is 387 g/mol. The van der Waals surface area contributed by atoms with Crippen molar-refractivity contribution in [3.8, 4) is 11.4 Å². The zero-order chi connectivity index (χ0) is 16.7. The second kappa shape index (κ2) is 5.68. The van der Waals surface area contributed by atoms with Crippen LogP contribution in [0.1, 0.15) is 11.5 Å². The van der Waals surface area contributed by atoms with E-state index < -0.39 is 0 Å². The largest absolute Gasteiger partial charge is 0.337 e. The molecule has 3 heterocycles. The number of aromatic amines is 1. The van der Waals surface area contributed by atoms with Gasteiger partial charge in [-0.15, -0.1) is 0 Å². The van der Waals surface area contributed by atoms with Crippen LogP contribution in [0.2, 0.25) is 0 Å². The zero-order valence-electron chi connectivity index (χ0n) is 12.5. The Bertz CT molecular complexity index is 1100. The van der Waals surface area contributed by atoms with Crippen molar-refractivity contribution in [2.75, 3.05) is 0 Å². The van der Waals surface area contributed by atoms with Crippen LogP contribution in [0.15, 0.2) is 44.5 Å². The van der Waals surface area contributed by atoms with Crippen molar-refractivity contribution in [2.24, 2.45) is 0 Å². The number of halogens is 1. The monoisotopic (exact) mass is 386 g/mol. The van der Waals surface area contributed by atoms with E-state index in [4.69, 9.17) is 4.52 Å². The molecule has 24 heavy (non-hydrogen) atoms. The Kier molecular flexibility index (Phi) is 3.49. The topological polar surface area (TPSA) is 102 Å². The van der Waals surface area contributed by atoms with E-state index >= 15 is 0 Å². The Balaban J connectivity index is 1.66. The molecular weight excluding hydrogens is 376 g/mol. The summed E-state index contributed by atoms with van der Waals surface area (Å²) in [7, 11) is 0. The summed E-state index contributed by atoms with van der Waals surface area (Å²) < 4.78 is 7.87. The van der Waals surface area contributed by atoms with Gasteiger partial charge in [-0.1, -0.05) is 21.1 Å². The summed E-state index contributed by atoms with van der Waals surface area (Å²) >= 11 is 3.46. The first-order valence-corrected chi connectivity index (χ1v) is 7.89. The van der Waals surface area contributed by atoms with E-state index in [1.165, 1.54) is 12.5 Å². The number of rotatable bonds is 3. The predicted molar refractivity (Wildman–Crippen MR) is 89.4 cm³/mol. The Morgan fingerprint density at radius 2 is 2.25 bits per heavy atom. The molecule has 3 aromatic heterocycles. The van der Waals surface area contributed by atoms with Gasteiger partial charge in [0, 0.05) is 10.0 Å². The first-order chi connectivity index (χ1) is 11.6. The highest BCUT2D eigenvalue weighted by atomic mass is 79.9. The van der Waals surface area contributed by atoms with Gasteiger partial charge in [0.1, 0.15) is 11.9 Å². The second-order valence-electron chi connectivity index (χ2n) is 5.25. The number of benzene rings is 1. The Morgan fingerprint density at radius 3 is 3.08 bits per heavy atom. The molecule has 0 saturated carbocycles. The maximum absolute atomic E-state index is 11.7. The molecule has 0 radical (unpaired) electrons. The fourth-order valence-corrected chi connectivity index (χ4v) is 2.62. The van der Waals surface area contributed by atoms with Gasteiger partial charge in [-0.05, 0) is 30.7 Å². The van der Waals surface area contributed by atoms with E-state index in [1.807, 2.05) is 25.1 Å². The van der Waals surface area contributed by atoms with Crippen molar-refractivity contribution >= 4 is 27.0 Å². The van der Waals surface area contributed by atoms with E-state index in [0.29, 0.717) is 22.7 Å². The van der Waals surface area contributed by atoms with Crippen LogP contribution in [0.5, 0.6) is 0 Å². The molecule has 0 unspecified atom stereocenters. The van der Waals surface area contributed by atoms with Crippen molar-refractivity contribution in [1.29, 1.82) is 0 Å². The van der Waals surface area contributed by atoms with Crippen molar-refractivity contribution in [3.63, 3.8) is 0 Å². The third-order valence-corrected chi connectivity index (χ3v) is 4.50. The standard InChI is InChI=1S/C15H11BrN6O2/c1-8-4-9(2-3-11(8)16)13-20-12(24-21-13)6-22-14-10(5-19-22)15(23)18-7-17-14/h2-5,7H,6H2,1H3,(H,17,18,23). The van der Waals surface area contributed by atoms with Crippen LogP contribution in [-0.2, 0) is 6.54 Å². The van der Waals surface area contributed by atoms with Gasteiger partial charge in [-0.2, -0.15) is 10.1 Å². The van der Waals surface area contributed by atoms with Crippen LogP contribution >= 0.6 is 15.9 Å². The summed E-state index contributed by atoms with van der Waals surface area (Å²) in [4.78, 5) is 22.7. The lowest BCUT2D eigenvalue weighted by molar-refractivity contribution is 0.367. The molecule has 0 aliphatic carbocycles. The normalized spacial score (nSPS) is 11.2. The van der Waals surface area contributed by atoms with Crippen LogP contribution in [-0.4, -0.2) is 29.9 Å². The minimum absolute atomic E-state index is 0.234. The lowest BCUT2D eigenvalue weighted by atomic mass is 10.1. The number of hydrogen-bond acceptors (Lipinski definition) is 6. The highest BCUT2D eigenvalue weighted by Gasteiger charge is 2.13. The SMILES string of the molecule is Cc1cc(-c2noc(Cn3ncc4c(=O)[nH]cnc43)n2)ccc1Br. The van der Waals surface area contributed by atoms with Gasteiger partial charge in [0.2, 0.25) is 11.7 Å². The maximum atomic E-state index is 11.7. The van der Waals surface area contributed by atoms with Crippen LogP contribution in [0, 0.1) is 6.92 Å². The van der Waals surface area contributed by atoms with Crippen molar-refractivity contribution < 1.29 is 4.52 Å². The molecule has 4 aromatic rings. The molecule has 120 valence electrons. The summed E-state index contributed by atoms with van der Waals surface area (Å²) in [6, 6.07) is 5.83. The first kappa shape index (κ1) is 14.8. The van der Waals surface area contributed by atoms with Crippen LogP contribution in [0.4, 0.5) is 0 Å². The van der Waals surface area contributed by atoms with Crippen LogP contribution in [0.3, 0.4) is 0 Å². The fraction of sp³-hybridized carbons (Fsp3) is 0.133. The molecule has 0 spiro atoms. The number of aromatic nitrogens is 6. The van der Waals surface area contributed by atoms with Gasteiger partial charge in [-0.3, -0.25) is 4.79 Å². The number of aryl methyl sites for hydroxylation is 1. The highest BCUT2D eigenvalue weighted by molar-refractivity contribution is 9.10. The number of nitrogens with one attached hydrogen (secondary N) is 1. The number of hydrogen-bond donors (Lipinski definition) is 1. The molecule has 8 nitrogen and oxygen atoms in total. The molecule has 0 amide bonds. The van der Waals surface area contributed by atoms with Crippen molar-refractivity contribution in [3.05, 3.63) is 57.0 Å². The quantitative estimate of drug-likeness (QED) is 0.579. The zero-order valence-corrected chi connectivity index (χ0v) is 14.1. The van der Waals surface area contributed by atoms with E-state index in [1.54, 1.807) is 4.68 Å². The van der Waals surface area contributed by atoms with Gasteiger partial charge in [0.25, 0.3) is 5.56 Å². The van der Waals surface area contributed by atoms with E-state index in [0.717, 1.165) is 15.6 Å². The summed E-state index contributed by atoms with van der Waals surface area (Å²) in [5.74, 6) is 0.889. The van der Waals surface area contributed by atoms with E-state index in [2.05, 4.69) is 41.1 Å². The molecule has 4 rings (SSSR count). The third-order valence-electron chi connectivity index (χ3n) is 3.61. The summed E-state index contributed by atoms with van der Waals surface area (Å²) in [6.45, 7) is 2.23. The van der Waals surface area contributed by atoms with Crippen LogP contribution < -0.4 is 5.56 Å². The summed E-state index contributed by atoms with van der Waals surface area (Å²) in [5.41, 5.74) is 2.19. The number of H-pyrrole nitrogens is 1. The van der Waals surface area contributed by atoms with Gasteiger partial charge < -0.3 is 9.51 Å². The number of nitrogens with zero attached hydrogens (tertiary/aromatic N) is 5. The van der Waals surface area contributed by atoms with Crippen molar-refractivity contribution in [2.45, 2.75) is 13.5 Å². The smallest absolute Gasteiger partial charge is 0.261 e. The lowest BCUT2D eigenvalue weighted by Crippen LogP contribution is -2.08. The molecule has 0 atom stereocenters. The summed E-state index contributed by atoms with van der Waals surface area (Å²) in [6.07, 6.45) is 2.81. The molecule has 9 heteroatoms. The molecule has 0 saturated heterocycles. The predicted octanol–water partition coefficient (Wildman–Crippen LogP) is 2.29. The Labute approximate surface area is 143 Å². The van der Waals surface area contributed by atoms with Crippen LogP contribution in [0.25, 0.3) is 22.4 Å². The minimum Gasteiger partial charge on any atom is -0.337 e. The first-order valence-electron chi connectivity index (χ1n) is 7.10. The fourth-order valence-electron chi connectivity index (χ4n) is 2.37. The molecule has 1 N–H and O–H groups in total. The van der Waals surface area contributed by atoms with Gasteiger partial charge in [0.05, 0.1) is 12.5 Å². The van der Waals surface area contributed by atoms with E-state index in [9.17, 15) is 4.79 Å². The lowest BCUT2D eigenvalue weighted by Gasteiger charge is -1.99. The molecule has 0 fully saturated rings. The Hall–Kier alpha value is -2.81. The average Bonchev–Trinajstić information content (AvgIpc) is 3.19. The Morgan fingerprint density at radius 1 is 1.38 bits per heavy atom. The maximum Gasteiger partial charge on any atom is 0.261 e. The number of fused-ring (bicyclic) bond motifs is 1. The van der Waals surface area contributed by atoms with Gasteiger partial charge >= 0.3 is 0 Å². The van der Waals surface area contributed by atoms with Gasteiger partial charge in [0.15, 0.2) is 5.65 Å². The molecule has 1 aromatic carbocycles. The second-order valence-corrected chi connectivity index (χ2v) is 6.10. The van der Waals surface area contributed by atoms with E-state index in [-0.39, 0.29) is 12.1 Å². The molecule has 0 aliphatic rings. The third kappa shape index (κ3) is 2.52. The summed E-state index contributed by atoms with van der Waals surface area (Å²) in [5, 5.41) is 8.58. The van der Waals surface area contributed by atoms with Gasteiger partial charge in [-0.25, -0.2) is 9.67 Å². The molecular formula is C15H11BrN6O2.